The summed E-state index contributed by atoms with van der Waals surface area (Å²) in [6.07, 6.45) is 6.60. The van der Waals surface area contributed by atoms with Crippen LogP contribution in [-0.4, -0.2) is 19.5 Å². The first-order valence-corrected chi connectivity index (χ1v) is 4.39. The van der Waals surface area contributed by atoms with Crippen molar-refractivity contribution < 1.29 is 0 Å². The van der Waals surface area contributed by atoms with Crippen molar-refractivity contribution in [3.8, 4) is 11.3 Å². The van der Waals surface area contributed by atoms with Crippen molar-refractivity contribution in [2.24, 2.45) is 0 Å². The first kappa shape index (κ1) is 8.68. The zero-order chi connectivity index (χ0) is 9.97. The summed E-state index contributed by atoms with van der Waals surface area (Å²) in [5.74, 6) is 0.655. The second kappa shape index (κ2) is 3.45. The number of hydrogen-bond acceptors (Lipinski definition) is 4. The number of rotatable bonds is 2. The molecule has 0 saturated carbocycles. The minimum atomic E-state index is 0.655. The molecule has 0 aromatic carbocycles. The third-order valence-corrected chi connectivity index (χ3v) is 2.05. The zero-order valence-electron chi connectivity index (χ0n) is 7.88. The van der Waals surface area contributed by atoms with Crippen LogP contribution in [0.15, 0.2) is 25.0 Å². The molecule has 0 spiro atoms. The van der Waals surface area contributed by atoms with E-state index in [1.54, 1.807) is 18.7 Å². The van der Waals surface area contributed by atoms with E-state index in [2.05, 4.69) is 15.0 Å². The average molecular weight is 189 g/mol. The van der Waals surface area contributed by atoms with Gasteiger partial charge in [-0.2, -0.15) is 0 Å². The molecule has 72 valence electrons. The van der Waals surface area contributed by atoms with Gasteiger partial charge in [-0.25, -0.2) is 15.0 Å². The predicted molar refractivity (Wildman–Crippen MR) is 53.3 cm³/mol. The van der Waals surface area contributed by atoms with Gasteiger partial charge in [0.1, 0.15) is 17.8 Å². The highest BCUT2D eigenvalue weighted by molar-refractivity contribution is 5.68. The van der Waals surface area contributed by atoms with E-state index in [1.807, 2.05) is 11.5 Å². The lowest BCUT2D eigenvalue weighted by atomic mass is 10.2. The molecule has 5 nitrogen and oxygen atoms in total. The summed E-state index contributed by atoms with van der Waals surface area (Å²) in [6.45, 7) is 2.83. The molecule has 0 aliphatic rings. The molecule has 0 bridgehead atoms. The van der Waals surface area contributed by atoms with Gasteiger partial charge in [-0.3, -0.25) is 0 Å². The third kappa shape index (κ3) is 1.32. The van der Waals surface area contributed by atoms with Crippen molar-refractivity contribution in [2.75, 3.05) is 5.73 Å². The molecule has 0 aliphatic heterocycles. The summed E-state index contributed by atoms with van der Waals surface area (Å²) < 4.78 is 1.88. The van der Waals surface area contributed by atoms with E-state index in [0.717, 1.165) is 17.8 Å². The summed E-state index contributed by atoms with van der Waals surface area (Å²) in [6, 6.07) is 0. The molecule has 5 heteroatoms. The van der Waals surface area contributed by atoms with Crippen molar-refractivity contribution in [3.63, 3.8) is 0 Å². The fraction of sp³-hybridized carbons (Fsp3) is 0.222. The smallest absolute Gasteiger partial charge is 0.131 e. The van der Waals surface area contributed by atoms with Crippen LogP contribution in [0, 0.1) is 0 Å². The van der Waals surface area contributed by atoms with Crippen LogP contribution in [0.25, 0.3) is 11.3 Å². The first-order chi connectivity index (χ1) is 6.83. The summed E-state index contributed by atoms with van der Waals surface area (Å²) in [5, 5.41) is 0. The molecule has 0 saturated heterocycles. The van der Waals surface area contributed by atoms with Crippen LogP contribution >= 0.6 is 0 Å². The Kier molecular flexibility index (Phi) is 2.14. The predicted octanol–water partition coefficient (Wildman–Crippen LogP) is 0.942. The molecule has 0 atom stereocenters. The molecule has 2 rings (SSSR count). The van der Waals surface area contributed by atoms with Crippen molar-refractivity contribution >= 4 is 5.82 Å². The maximum Gasteiger partial charge on any atom is 0.131 e. The van der Waals surface area contributed by atoms with Gasteiger partial charge < -0.3 is 10.3 Å². The Labute approximate surface area is 81.6 Å². The van der Waals surface area contributed by atoms with Crippen molar-refractivity contribution in [2.45, 2.75) is 13.5 Å². The Bertz CT molecular complexity index is 420. The molecule has 0 radical (unpaired) electrons. The molecule has 2 aromatic rings. The lowest BCUT2D eigenvalue weighted by molar-refractivity contribution is 0.771. The van der Waals surface area contributed by atoms with Gasteiger partial charge in [0.05, 0.1) is 6.33 Å². The molecule has 2 aromatic heterocycles. The summed E-state index contributed by atoms with van der Waals surface area (Å²) in [5.41, 5.74) is 7.48. The Morgan fingerprint density at radius 2 is 2.07 bits per heavy atom. The monoisotopic (exact) mass is 189 g/mol. The van der Waals surface area contributed by atoms with Gasteiger partial charge in [0.2, 0.25) is 0 Å². The fourth-order valence-electron chi connectivity index (χ4n) is 1.29. The molecule has 0 aliphatic carbocycles. The van der Waals surface area contributed by atoms with Crippen molar-refractivity contribution in [1.29, 1.82) is 0 Å². The van der Waals surface area contributed by atoms with Crippen LogP contribution in [-0.2, 0) is 6.54 Å². The van der Waals surface area contributed by atoms with Crippen LogP contribution < -0.4 is 5.73 Å². The first-order valence-electron chi connectivity index (χ1n) is 4.39. The molecule has 14 heavy (non-hydrogen) atoms. The SMILES string of the molecule is CCn1cnc(-c2cncnc2)c1N. The molecule has 0 amide bonds. The molecule has 0 fully saturated rings. The van der Waals surface area contributed by atoms with E-state index >= 15 is 0 Å². The summed E-state index contributed by atoms with van der Waals surface area (Å²) in [4.78, 5) is 12.1. The van der Waals surface area contributed by atoms with Crippen LogP contribution in [0.3, 0.4) is 0 Å². The van der Waals surface area contributed by atoms with Crippen LogP contribution in [0.5, 0.6) is 0 Å². The van der Waals surface area contributed by atoms with E-state index in [9.17, 15) is 0 Å². The van der Waals surface area contributed by atoms with E-state index in [-0.39, 0.29) is 0 Å². The normalized spacial score (nSPS) is 10.4. The highest BCUT2D eigenvalue weighted by Crippen LogP contribution is 2.21. The number of aryl methyl sites for hydroxylation is 1. The molecular weight excluding hydrogens is 178 g/mol. The Balaban J connectivity index is 2.48. The molecular formula is C9H11N5. The number of aromatic nitrogens is 4. The number of nitrogen functional groups attached to an aromatic ring is 1. The van der Waals surface area contributed by atoms with E-state index in [1.165, 1.54) is 6.33 Å². The van der Waals surface area contributed by atoms with Crippen LogP contribution in [0.2, 0.25) is 0 Å². The van der Waals surface area contributed by atoms with Gasteiger partial charge in [0.15, 0.2) is 0 Å². The molecule has 0 unspecified atom stereocenters. The Morgan fingerprint density at radius 3 is 2.64 bits per heavy atom. The summed E-state index contributed by atoms with van der Waals surface area (Å²) >= 11 is 0. The maximum absolute atomic E-state index is 5.89. The lowest BCUT2D eigenvalue weighted by Crippen LogP contribution is -1.99. The highest BCUT2D eigenvalue weighted by Gasteiger charge is 2.08. The average Bonchev–Trinajstić information content (AvgIpc) is 2.61. The van der Waals surface area contributed by atoms with Gasteiger partial charge in [-0.05, 0) is 6.92 Å². The van der Waals surface area contributed by atoms with E-state index in [4.69, 9.17) is 5.73 Å². The maximum atomic E-state index is 5.89. The quantitative estimate of drug-likeness (QED) is 0.763. The second-order valence-electron chi connectivity index (χ2n) is 2.89. The lowest BCUT2D eigenvalue weighted by Gasteiger charge is -2.00. The van der Waals surface area contributed by atoms with Crippen LogP contribution in [0.4, 0.5) is 5.82 Å². The third-order valence-electron chi connectivity index (χ3n) is 2.05. The zero-order valence-corrected chi connectivity index (χ0v) is 7.88. The van der Waals surface area contributed by atoms with Crippen LogP contribution in [0.1, 0.15) is 6.92 Å². The van der Waals surface area contributed by atoms with Crippen molar-refractivity contribution in [1.82, 2.24) is 19.5 Å². The number of hydrogen-bond donors (Lipinski definition) is 1. The van der Waals surface area contributed by atoms with Gasteiger partial charge in [0.25, 0.3) is 0 Å². The van der Waals surface area contributed by atoms with E-state index < -0.39 is 0 Å². The molecule has 2 heterocycles. The van der Waals surface area contributed by atoms with Gasteiger partial charge >= 0.3 is 0 Å². The number of nitrogens with two attached hydrogens (primary N) is 1. The Morgan fingerprint density at radius 1 is 1.36 bits per heavy atom. The topological polar surface area (TPSA) is 69.6 Å². The second-order valence-corrected chi connectivity index (χ2v) is 2.89. The van der Waals surface area contributed by atoms with E-state index in [0.29, 0.717) is 5.82 Å². The van der Waals surface area contributed by atoms with Gasteiger partial charge in [-0.15, -0.1) is 0 Å². The van der Waals surface area contributed by atoms with Gasteiger partial charge in [-0.1, -0.05) is 0 Å². The largest absolute Gasteiger partial charge is 0.383 e. The highest BCUT2D eigenvalue weighted by atomic mass is 15.1. The molecule has 2 N–H and O–H groups in total. The fourth-order valence-corrected chi connectivity index (χ4v) is 1.29. The minimum Gasteiger partial charge on any atom is -0.383 e. The standard InChI is InChI=1S/C9H11N5/c1-2-14-6-13-8(9(14)10)7-3-11-5-12-4-7/h3-6H,2,10H2,1H3. The summed E-state index contributed by atoms with van der Waals surface area (Å²) in [7, 11) is 0. The van der Waals surface area contributed by atoms with Crippen molar-refractivity contribution in [3.05, 3.63) is 25.0 Å². The van der Waals surface area contributed by atoms with Gasteiger partial charge in [0, 0.05) is 24.5 Å². The Hall–Kier alpha value is -1.91. The minimum absolute atomic E-state index is 0.655. The number of imidazole rings is 1. The number of nitrogens with zero attached hydrogens (tertiary/aromatic N) is 4. The number of anilines is 1.